The van der Waals surface area contributed by atoms with Crippen molar-refractivity contribution in [1.29, 1.82) is 0 Å². The predicted molar refractivity (Wildman–Crippen MR) is 124 cm³/mol. The summed E-state index contributed by atoms with van der Waals surface area (Å²) in [5.74, 6) is -0.574. The van der Waals surface area contributed by atoms with Crippen molar-refractivity contribution < 1.29 is 18.8 Å². The largest absolute Gasteiger partial charge is 0.445 e. The molecule has 0 atom stereocenters. The molecule has 0 aromatic heterocycles. The maximum atomic E-state index is 15.1. The minimum Gasteiger partial charge on any atom is -0.445 e. The van der Waals surface area contributed by atoms with E-state index in [2.05, 4.69) is 0 Å². The van der Waals surface area contributed by atoms with Gasteiger partial charge in [-0.1, -0.05) is 95.5 Å². The van der Waals surface area contributed by atoms with Crippen molar-refractivity contribution in [3.05, 3.63) is 108 Å². The van der Waals surface area contributed by atoms with Crippen LogP contribution in [0.5, 0.6) is 0 Å². The number of piperidine rings is 1. The van der Waals surface area contributed by atoms with Gasteiger partial charge in [0.1, 0.15) is 6.61 Å². The maximum Gasteiger partial charge on any atom is 0.410 e. The Hall–Kier alpha value is -3.67. The number of ether oxygens (including phenoxy) is 1. The summed E-state index contributed by atoms with van der Waals surface area (Å²) >= 11 is 0. The van der Waals surface area contributed by atoms with E-state index >= 15 is 4.48 Å². The van der Waals surface area contributed by atoms with Crippen molar-refractivity contribution in [3.63, 3.8) is 0 Å². The third kappa shape index (κ3) is 5.22. The molecule has 170 valence electrons. The molecule has 33 heavy (non-hydrogen) atoms. The molecule has 0 unspecified atom stereocenters. The van der Waals surface area contributed by atoms with Crippen LogP contribution >= 0.6 is 0 Å². The Morgan fingerprint density at radius 1 is 0.818 bits per heavy atom. The predicted octanol–water partition coefficient (Wildman–Crippen LogP) is 5.27. The van der Waals surface area contributed by atoms with Crippen LogP contribution in [0.15, 0.2) is 91.0 Å². The SMILES string of the molecule is O=C(OCc1ccccc1)N1CCC(C(=O)N(F)Cc2ccccc2)(c2ccccc2)CC1. The first-order valence-electron chi connectivity index (χ1n) is 11.1. The number of benzene rings is 3. The number of carbonyl (C=O) groups is 2. The third-order valence-corrected chi connectivity index (χ3v) is 6.20. The van der Waals surface area contributed by atoms with Crippen molar-refractivity contribution >= 4 is 12.0 Å². The Morgan fingerprint density at radius 2 is 1.33 bits per heavy atom. The van der Waals surface area contributed by atoms with Gasteiger partial charge in [-0.05, 0) is 29.5 Å². The first kappa shape index (κ1) is 22.5. The van der Waals surface area contributed by atoms with Crippen molar-refractivity contribution in [2.24, 2.45) is 0 Å². The number of rotatable bonds is 6. The molecule has 6 heteroatoms. The molecule has 1 aliphatic rings. The smallest absolute Gasteiger partial charge is 0.410 e. The molecule has 3 aromatic carbocycles. The Bertz CT molecular complexity index is 1050. The van der Waals surface area contributed by atoms with E-state index < -0.39 is 17.4 Å². The van der Waals surface area contributed by atoms with Crippen LogP contribution in [-0.2, 0) is 28.1 Å². The first-order chi connectivity index (χ1) is 16.1. The lowest BCUT2D eigenvalue weighted by atomic mass is 9.72. The van der Waals surface area contributed by atoms with Crippen LogP contribution in [0, 0.1) is 0 Å². The fraction of sp³-hybridized carbons (Fsp3) is 0.259. The first-order valence-corrected chi connectivity index (χ1v) is 11.1. The quantitative estimate of drug-likeness (QED) is 0.485. The van der Waals surface area contributed by atoms with Gasteiger partial charge in [-0.3, -0.25) is 4.79 Å². The summed E-state index contributed by atoms with van der Waals surface area (Å²) in [5.41, 5.74) is 1.37. The zero-order chi connectivity index (χ0) is 23.1. The number of halogens is 1. The van der Waals surface area contributed by atoms with E-state index in [4.69, 9.17) is 4.74 Å². The van der Waals surface area contributed by atoms with E-state index in [1.165, 1.54) is 0 Å². The number of hydrogen-bond donors (Lipinski definition) is 0. The van der Waals surface area contributed by atoms with Gasteiger partial charge < -0.3 is 9.64 Å². The van der Waals surface area contributed by atoms with E-state index in [0.29, 0.717) is 31.1 Å². The highest BCUT2D eigenvalue weighted by atomic mass is 19.2. The number of likely N-dealkylation sites (tertiary alicyclic amines) is 1. The average molecular weight is 447 g/mol. The Balaban J connectivity index is 1.46. The molecule has 0 aliphatic carbocycles. The van der Waals surface area contributed by atoms with Crippen molar-refractivity contribution in [2.45, 2.75) is 31.4 Å². The van der Waals surface area contributed by atoms with Crippen LogP contribution in [0.1, 0.15) is 29.5 Å². The summed E-state index contributed by atoms with van der Waals surface area (Å²) in [6.45, 7) is 0.701. The van der Waals surface area contributed by atoms with Gasteiger partial charge >= 0.3 is 6.09 Å². The molecule has 1 aliphatic heterocycles. The summed E-state index contributed by atoms with van der Waals surface area (Å²) in [4.78, 5) is 27.6. The average Bonchev–Trinajstić information content (AvgIpc) is 2.88. The second kappa shape index (κ2) is 10.3. The Kier molecular flexibility index (Phi) is 7.03. The molecule has 1 heterocycles. The van der Waals surface area contributed by atoms with Gasteiger partial charge in [0.2, 0.25) is 0 Å². The van der Waals surface area contributed by atoms with Crippen molar-refractivity contribution in [2.75, 3.05) is 13.1 Å². The fourth-order valence-corrected chi connectivity index (χ4v) is 4.31. The summed E-state index contributed by atoms with van der Waals surface area (Å²) in [5, 5.41) is 0.311. The number of hydrogen-bond acceptors (Lipinski definition) is 3. The topological polar surface area (TPSA) is 49.9 Å². The monoisotopic (exact) mass is 446 g/mol. The summed E-state index contributed by atoms with van der Waals surface area (Å²) in [7, 11) is 0. The molecule has 0 N–H and O–H groups in total. The molecule has 1 fully saturated rings. The van der Waals surface area contributed by atoms with E-state index in [1.54, 1.807) is 17.0 Å². The van der Waals surface area contributed by atoms with Gasteiger partial charge in [-0.2, -0.15) is 5.12 Å². The Labute approximate surface area is 193 Å². The van der Waals surface area contributed by atoms with Crippen molar-refractivity contribution in [3.8, 4) is 0 Å². The summed E-state index contributed by atoms with van der Waals surface area (Å²) < 4.78 is 20.6. The van der Waals surface area contributed by atoms with Gasteiger partial charge in [0.15, 0.2) is 0 Å². The van der Waals surface area contributed by atoms with Gasteiger partial charge in [-0.15, -0.1) is 0 Å². The zero-order valence-electron chi connectivity index (χ0n) is 18.4. The molecule has 0 spiro atoms. The van der Waals surface area contributed by atoms with Crippen LogP contribution in [0.25, 0.3) is 0 Å². The lowest BCUT2D eigenvalue weighted by molar-refractivity contribution is -0.156. The number of carbonyl (C=O) groups excluding carboxylic acids is 2. The molecule has 5 nitrogen and oxygen atoms in total. The van der Waals surface area contributed by atoms with Gasteiger partial charge in [-0.25, -0.2) is 4.79 Å². The molecular weight excluding hydrogens is 419 g/mol. The lowest BCUT2D eigenvalue weighted by Crippen LogP contribution is -2.52. The minimum atomic E-state index is -1.03. The normalized spacial score (nSPS) is 15.0. The van der Waals surface area contributed by atoms with E-state index in [-0.39, 0.29) is 13.2 Å². The van der Waals surface area contributed by atoms with Gasteiger partial charge in [0, 0.05) is 13.1 Å². The van der Waals surface area contributed by atoms with Crippen LogP contribution in [-0.4, -0.2) is 35.1 Å². The van der Waals surface area contributed by atoms with E-state index in [0.717, 1.165) is 16.7 Å². The van der Waals surface area contributed by atoms with E-state index in [1.807, 2.05) is 78.9 Å². The molecule has 3 aromatic rings. The highest BCUT2D eigenvalue weighted by molar-refractivity contribution is 5.88. The molecule has 4 rings (SSSR count). The highest BCUT2D eigenvalue weighted by Crippen LogP contribution is 2.38. The second-order valence-electron chi connectivity index (χ2n) is 8.29. The summed E-state index contributed by atoms with van der Waals surface area (Å²) in [6, 6.07) is 27.8. The number of amides is 2. The molecule has 0 saturated carbocycles. The van der Waals surface area contributed by atoms with E-state index in [9.17, 15) is 9.59 Å². The standard InChI is InChI=1S/C27H27FN2O3/c28-30(20-22-10-4-1-5-11-22)25(31)27(24-14-8-3-9-15-24)16-18-29(19-17-27)26(32)33-21-23-12-6-2-7-13-23/h1-15H,16-21H2. The maximum absolute atomic E-state index is 15.1. The van der Waals surface area contributed by atoms with Crippen LogP contribution in [0.3, 0.4) is 0 Å². The summed E-state index contributed by atoms with van der Waals surface area (Å²) in [6.07, 6.45) is 0.228. The van der Waals surface area contributed by atoms with Crippen LogP contribution < -0.4 is 0 Å². The third-order valence-electron chi connectivity index (χ3n) is 6.20. The second-order valence-corrected chi connectivity index (χ2v) is 8.29. The Morgan fingerprint density at radius 3 is 1.91 bits per heavy atom. The molecule has 0 radical (unpaired) electrons. The zero-order valence-corrected chi connectivity index (χ0v) is 18.4. The molecule has 2 amide bonds. The molecule has 0 bridgehead atoms. The minimum absolute atomic E-state index is 0.114. The van der Waals surface area contributed by atoms with Gasteiger partial charge in [0.25, 0.3) is 5.91 Å². The highest BCUT2D eigenvalue weighted by Gasteiger charge is 2.46. The van der Waals surface area contributed by atoms with Crippen LogP contribution in [0.4, 0.5) is 9.28 Å². The fourth-order valence-electron chi connectivity index (χ4n) is 4.31. The number of nitrogens with zero attached hydrogens (tertiary/aromatic N) is 2. The molecule has 1 saturated heterocycles. The van der Waals surface area contributed by atoms with Crippen molar-refractivity contribution in [1.82, 2.24) is 10.0 Å². The molecular formula is C27H27FN2O3. The van der Waals surface area contributed by atoms with Crippen LogP contribution in [0.2, 0.25) is 0 Å². The van der Waals surface area contributed by atoms with Gasteiger partial charge in [0.05, 0.1) is 12.0 Å². The lowest BCUT2D eigenvalue weighted by Gasteiger charge is -2.41.